The van der Waals surface area contributed by atoms with Crippen LogP contribution in [0.1, 0.15) is 30.4 Å². The van der Waals surface area contributed by atoms with Crippen LogP contribution in [0.2, 0.25) is 5.02 Å². The minimum absolute atomic E-state index is 0.0340. The van der Waals surface area contributed by atoms with Crippen LogP contribution in [-0.2, 0) is 22.4 Å². The summed E-state index contributed by atoms with van der Waals surface area (Å²) >= 11 is 6.01. The van der Waals surface area contributed by atoms with Gasteiger partial charge in [0.25, 0.3) is 0 Å². The zero-order valence-electron chi connectivity index (χ0n) is 15.7. The summed E-state index contributed by atoms with van der Waals surface area (Å²) in [4.78, 5) is 26.4. The lowest BCUT2D eigenvalue weighted by molar-refractivity contribution is -0.131. The number of amides is 2. The molecule has 4 nitrogen and oxygen atoms in total. The van der Waals surface area contributed by atoms with Crippen molar-refractivity contribution in [1.29, 1.82) is 0 Å². The SMILES string of the molecule is O=C(CCc1ccccc1)NC1CCN(C(=O)Cc2c(F)cccc2Cl)CC1. The predicted octanol–water partition coefficient (Wildman–Crippen LogP) is 3.76. The van der Waals surface area contributed by atoms with Gasteiger partial charge in [-0.2, -0.15) is 0 Å². The van der Waals surface area contributed by atoms with Gasteiger partial charge in [-0.1, -0.05) is 48.0 Å². The van der Waals surface area contributed by atoms with Gasteiger partial charge in [0.05, 0.1) is 6.42 Å². The fourth-order valence-electron chi connectivity index (χ4n) is 3.44. The standard InChI is InChI=1S/C22H24ClFN2O2/c23-19-7-4-8-20(24)18(19)15-22(28)26-13-11-17(12-14-26)25-21(27)10-9-16-5-2-1-3-6-16/h1-8,17H,9-15H2,(H,25,27). The zero-order valence-corrected chi connectivity index (χ0v) is 16.4. The number of nitrogens with zero attached hydrogens (tertiary/aromatic N) is 1. The van der Waals surface area contributed by atoms with E-state index in [1.807, 2.05) is 30.3 Å². The number of carbonyl (C=O) groups excluding carboxylic acids is 2. The molecule has 2 aromatic carbocycles. The van der Waals surface area contributed by atoms with Gasteiger partial charge in [0.15, 0.2) is 0 Å². The number of piperidine rings is 1. The van der Waals surface area contributed by atoms with E-state index in [4.69, 9.17) is 11.6 Å². The van der Waals surface area contributed by atoms with Crippen molar-refractivity contribution < 1.29 is 14.0 Å². The first kappa shape index (κ1) is 20.3. The van der Waals surface area contributed by atoms with Gasteiger partial charge in [-0.25, -0.2) is 4.39 Å². The Morgan fingerprint density at radius 1 is 1.07 bits per heavy atom. The second-order valence-electron chi connectivity index (χ2n) is 7.09. The molecule has 0 saturated carbocycles. The quantitative estimate of drug-likeness (QED) is 0.799. The van der Waals surface area contributed by atoms with E-state index >= 15 is 0 Å². The normalized spacial score (nSPS) is 14.7. The van der Waals surface area contributed by atoms with Gasteiger partial charge in [0.1, 0.15) is 5.82 Å². The molecule has 148 valence electrons. The van der Waals surface area contributed by atoms with Crippen LogP contribution in [0.25, 0.3) is 0 Å². The second-order valence-corrected chi connectivity index (χ2v) is 7.49. The largest absolute Gasteiger partial charge is 0.353 e. The van der Waals surface area contributed by atoms with Crippen LogP contribution in [0.5, 0.6) is 0 Å². The number of carbonyl (C=O) groups is 2. The molecule has 1 heterocycles. The van der Waals surface area contributed by atoms with Crippen LogP contribution in [0.4, 0.5) is 4.39 Å². The molecule has 0 unspecified atom stereocenters. The van der Waals surface area contributed by atoms with Crippen molar-refractivity contribution in [2.75, 3.05) is 13.1 Å². The molecule has 0 radical (unpaired) electrons. The summed E-state index contributed by atoms with van der Waals surface area (Å²) in [6.45, 7) is 1.10. The summed E-state index contributed by atoms with van der Waals surface area (Å²) in [5.41, 5.74) is 1.38. The molecule has 2 aromatic rings. The fraction of sp³-hybridized carbons (Fsp3) is 0.364. The third-order valence-corrected chi connectivity index (χ3v) is 5.44. The fourth-order valence-corrected chi connectivity index (χ4v) is 3.67. The number of rotatable bonds is 6. The topological polar surface area (TPSA) is 49.4 Å². The molecule has 1 aliphatic rings. The van der Waals surface area contributed by atoms with Gasteiger partial charge >= 0.3 is 0 Å². The van der Waals surface area contributed by atoms with Crippen molar-refractivity contribution in [3.05, 3.63) is 70.5 Å². The molecule has 0 atom stereocenters. The molecule has 1 saturated heterocycles. The maximum atomic E-state index is 13.9. The van der Waals surface area contributed by atoms with Crippen LogP contribution in [0.3, 0.4) is 0 Å². The highest BCUT2D eigenvalue weighted by Gasteiger charge is 2.25. The molecule has 6 heteroatoms. The molecule has 3 rings (SSSR count). The minimum atomic E-state index is -0.457. The maximum absolute atomic E-state index is 13.9. The van der Waals surface area contributed by atoms with E-state index in [2.05, 4.69) is 5.32 Å². The van der Waals surface area contributed by atoms with Crippen LogP contribution >= 0.6 is 11.6 Å². The van der Waals surface area contributed by atoms with Gasteiger partial charge in [0, 0.05) is 36.1 Å². The number of hydrogen-bond donors (Lipinski definition) is 1. The number of likely N-dealkylation sites (tertiary alicyclic amines) is 1. The average Bonchev–Trinajstić information content (AvgIpc) is 2.70. The molecule has 0 bridgehead atoms. The van der Waals surface area contributed by atoms with Crippen LogP contribution < -0.4 is 5.32 Å². The predicted molar refractivity (Wildman–Crippen MR) is 108 cm³/mol. The third kappa shape index (κ3) is 5.55. The van der Waals surface area contributed by atoms with Gasteiger partial charge in [-0.15, -0.1) is 0 Å². The van der Waals surface area contributed by atoms with Crippen LogP contribution in [0, 0.1) is 5.82 Å². The maximum Gasteiger partial charge on any atom is 0.227 e. The molecule has 0 spiro atoms. The number of nitrogens with one attached hydrogen (secondary N) is 1. The number of aryl methyl sites for hydroxylation is 1. The summed E-state index contributed by atoms with van der Waals surface area (Å²) in [5.74, 6) is -0.561. The summed E-state index contributed by atoms with van der Waals surface area (Å²) in [7, 11) is 0. The van der Waals surface area contributed by atoms with E-state index < -0.39 is 5.82 Å². The molecule has 0 aliphatic carbocycles. The van der Waals surface area contributed by atoms with E-state index in [0.717, 1.165) is 5.56 Å². The number of benzene rings is 2. The van der Waals surface area contributed by atoms with Crippen LogP contribution in [0.15, 0.2) is 48.5 Å². The minimum Gasteiger partial charge on any atom is -0.353 e. The lowest BCUT2D eigenvalue weighted by atomic mass is 10.0. The lowest BCUT2D eigenvalue weighted by Crippen LogP contribution is -2.47. The Labute approximate surface area is 169 Å². The average molecular weight is 403 g/mol. The van der Waals surface area contributed by atoms with Crippen molar-refractivity contribution in [3.63, 3.8) is 0 Å². The molecule has 28 heavy (non-hydrogen) atoms. The van der Waals surface area contributed by atoms with E-state index in [1.54, 1.807) is 11.0 Å². The smallest absolute Gasteiger partial charge is 0.227 e. The van der Waals surface area contributed by atoms with E-state index in [9.17, 15) is 14.0 Å². The molecular formula is C22H24ClFN2O2. The van der Waals surface area contributed by atoms with Gasteiger partial charge < -0.3 is 10.2 Å². The van der Waals surface area contributed by atoms with Gasteiger partial charge in [-0.05, 0) is 37.0 Å². The highest BCUT2D eigenvalue weighted by atomic mass is 35.5. The van der Waals surface area contributed by atoms with Gasteiger partial charge in [0.2, 0.25) is 11.8 Å². The first-order valence-electron chi connectivity index (χ1n) is 9.57. The number of hydrogen-bond acceptors (Lipinski definition) is 2. The van der Waals surface area contributed by atoms with Crippen molar-refractivity contribution in [3.8, 4) is 0 Å². The van der Waals surface area contributed by atoms with Crippen molar-refractivity contribution >= 4 is 23.4 Å². The Hall–Kier alpha value is -2.40. The monoisotopic (exact) mass is 402 g/mol. The van der Waals surface area contributed by atoms with E-state index in [0.29, 0.717) is 38.8 Å². The Kier molecular flexibility index (Phi) is 7.04. The van der Waals surface area contributed by atoms with E-state index in [-0.39, 0.29) is 34.9 Å². The second kappa shape index (κ2) is 9.69. The Bertz CT molecular complexity index is 800. The van der Waals surface area contributed by atoms with Crippen LogP contribution in [-0.4, -0.2) is 35.8 Å². The first-order chi connectivity index (χ1) is 13.5. The molecule has 2 amide bonds. The molecule has 0 aromatic heterocycles. The van der Waals surface area contributed by atoms with E-state index in [1.165, 1.54) is 12.1 Å². The lowest BCUT2D eigenvalue weighted by Gasteiger charge is -2.32. The molecular weight excluding hydrogens is 379 g/mol. The highest BCUT2D eigenvalue weighted by Crippen LogP contribution is 2.21. The van der Waals surface area contributed by atoms with Crippen molar-refractivity contribution in [2.45, 2.75) is 38.1 Å². The Morgan fingerprint density at radius 2 is 1.79 bits per heavy atom. The van der Waals surface area contributed by atoms with Crippen molar-refractivity contribution in [2.24, 2.45) is 0 Å². The summed E-state index contributed by atoms with van der Waals surface area (Å²) in [6.07, 6.45) is 2.53. The molecule has 1 N–H and O–H groups in total. The summed E-state index contributed by atoms with van der Waals surface area (Å²) in [5, 5.41) is 3.33. The van der Waals surface area contributed by atoms with Gasteiger partial charge in [-0.3, -0.25) is 9.59 Å². The Balaban J connectivity index is 1.42. The third-order valence-electron chi connectivity index (χ3n) is 5.09. The summed E-state index contributed by atoms with van der Waals surface area (Å²) < 4.78 is 13.9. The summed E-state index contributed by atoms with van der Waals surface area (Å²) in [6, 6.07) is 14.4. The highest BCUT2D eigenvalue weighted by molar-refractivity contribution is 6.31. The molecule has 1 aliphatic heterocycles. The first-order valence-corrected chi connectivity index (χ1v) is 9.94. The van der Waals surface area contributed by atoms with Crippen molar-refractivity contribution in [1.82, 2.24) is 10.2 Å². The molecule has 1 fully saturated rings. The zero-order chi connectivity index (χ0) is 19.9. The Morgan fingerprint density at radius 3 is 2.46 bits per heavy atom. The number of halogens is 2.